The van der Waals surface area contributed by atoms with Crippen LogP contribution in [0.3, 0.4) is 0 Å². The molecule has 20 heavy (non-hydrogen) atoms. The van der Waals surface area contributed by atoms with Gasteiger partial charge < -0.3 is 10.5 Å². The maximum absolute atomic E-state index is 5.86. The van der Waals surface area contributed by atoms with Crippen LogP contribution in [0.4, 0.5) is 0 Å². The van der Waals surface area contributed by atoms with E-state index < -0.39 is 0 Å². The molecular formula is C18H23NO. The maximum atomic E-state index is 5.86. The van der Waals surface area contributed by atoms with E-state index in [1.807, 2.05) is 24.3 Å². The summed E-state index contributed by atoms with van der Waals surface area (Å²) in [6.45, 7) is 7.72. The Balaban J connectivity index is 2.04. The minimum Gasteiger partial charge on any atom is -0.489 e. The Morgan fingerprint density at radius 2 is 1.60 bits per heavy atom. The quantitative estimate of drug-likeness (QED) is 0.909. The monoisotopic (exact) mass is 269 g/mol. The molecule has 0 radical (unpaired) electrons. The molecule has 106 valence electrons. The molecule has 0 aliphatic carbocycles. The number of rotatable bonds is 4. The Labute approximate surface area is 121 Å². The molecule has 0 heterocycles. The summed E-state index contributed by atoms with van der Waals surface area (Å²) < 4.78 is 5.86. The van der Waals surface area contributed by atoms with Crippen molar-refractivity contribution in [2.24, 2.45) is 5.73 Å². The molecule has 0 saturated carbocycles. The zero-order valence-electron chi connectivity index (χ0n) is 12.5. The first-order valence-corrected chi connectivity index (χ1v) is 7.01. The summed E-state index contributed by atoms with van der Waals surface area (Å²) >= 11 is 0. The van der Waals surface area contributed by atoms with Crippen LogP contribution in [0, 0.1) is 0 Å². The predicted octanol–water partition coefficient (Wildman–Crippen LogP) is 4.02. The first-order valence-electron chi connectivity index (χ1n) is 7.01. The number of hydrogen-bond donors (Lipinski definition) is 1. The molecule has 2 rings (SSSR count). The van der Waals surface area contributed by atoms with E-state index in [1.54, 1.807) is 0 Å². The number of benzene rings is 2. The fourth-order valence-corrected chi connectivity index (χ4v) is 2.08. The Morgan fingerprint density at radius 3 is 2.20 bits per heavy atom. The molecule has 2 aromatic carbocycles. The smallest absolute Gasteiger partial charge is 0.124 e. The highest BCUT2D eigenvalue weighted by atomic mass is 16.5. The Hall–Kier alpha value is -1.80. The molecule has 2 aromatic rings. The Kier molecular flexibility index (Phi) is 4.46. The largest absolute Gasteiger partial charge is 0.489 e. The van der Waals surface area contributed by atoms with Crippen LogP contribution in [-0.4, -0.2) is 0 Å². The van der Waals surface area contributed by atoms with Gasteiger partial charge in [0.25, 0.3) is 0 Å². The summed E-state index contributed by atoms with van der Waals surface area (Å²) in [5, 5.41) is 0. The van der Waals surface area contributed by atoms with Gasteiger partial charge in [0.05, 0.1) is 0 Å². The molecule has 0 bridgehead atoms. The summed E-state index contributed by atoms with van der Waals surface area (Å²) in [5.41, 5.74) is 9.44. The molecule has 0 aliphatic heterocycles. The van der Waals surface area contributed by atoms with Crippen molar-refractivity contribution < 1.29 is 4.74 Å². The van der Waals surface area contributed by atoms with E-state index in [1.165, 1.54) is 11.1 Å². The minimum absolute atomic E-state index is 0.186. The maximum Gasteiger partial charge on any atom is 0.124 e. The second kappa shape index (κ2) is 6.10. The molecule has 0 fully saturated rings. The predicted molar refractivity (Wildman–Crippen MR) is 83.8 cm³/mol. The van der Waals surface area contributed by atoms with E-state index in [2.05, 4.69) is 45.0 Å². The van der Waals surface area contributed by atoms with Gasteiger partial charge in [0.2, 0.25) is 0 Å². The third-order valence-corrected chi connectivity index (χ3v) is 3.41. The second-order valence-corrected chi connectivity index (χ2v) is 6.05. The van der Waals surface area contributed by atoms with Crippen LogP contribution >= 0.6 is 0 Å². The SMILES string of the molecule is CC(C)(C)c1ccc(COc2ccccc2CN)cc1. The molecule has 0 aromatic heterocycles. The average Bonchev–Trinajstić information content (AvgIpc) is 2.45. The summed E-state index contributed by atoms with van der Waals surface area (Å²) in [6.07, 6.45) is 0. The lowest BCUT2D eigenvalue weighted by Crippen LogP contribution is -2.11. The van der Waals surface area contributed by atoms with Crippen molar-refractivity contribution >= 4 is 0 Å². The van der Waals surface area contributed by atoms with Crippen LogP contribution < -0.4 is 10.5 Å². The summed E-state index contributed by atoms with van der Waals surface area (Å²) in [5.74, 6) is 0.870. The highest BCUT2D eigenvalue weighted by Crippen LogP contribution is 2.23. The van der Waals surface area contributed by atoms with Crippen LogP contribution in [0.25, 0.3) is 0 Å². The highest BCUT2D eigenvalue weighted by molar-refractivity contribution is 5.33. The first-order chi connectivity index (χ1) is 9.50. The topological polar surface area (TPSA) is 35.2 Å². The molecule has 0 atom stereocenters. The van der Waals surface area contributed by atoms with Crippen molar-refractivity contribution in [1.82, 2.24) is 0 Å². The van der Waals surface area contributed by atoms with Crippen LogP contribution in [0.2, 0.25) is 0 Å². The minimum atomic E-state index is 0.186. The zero-order valence-corrected chi connectivity index (χ0v) is 12.5. The van der Waals surface area contributed by atoms with Gasteiger partial charge in [-0.25, -0.2) is 0 Å². The summed E-state index contributed by atoms with van der Waals surface area (Å²) in [7, 11) is 0. The summed E-state index contributed by atoms with van der Waals surface area (Å²) in [4.78, 5) is 0. The fraction of sp³-hybridized carbons (Fsp3) is 0.333. The molecule has 0 spiro atoms. The Bertz CT molecular complexity index is 552. The lowest BCUT2D eigenvalue weighted by molar-refractivity contribution is 0.303. The van der Waals surface area contributed by atoms with Crippen LogP contribution in [0.1, 0.15) is 37.5 Å². The van der Waals surface area contributed by atoms with Crippen LogP contribution in [-0.2, 0) is 18.6 Å². The van der Waals surface area contributed by atoms with E-state index in [4.69, 9.17) is 10.5 Å². The molecule has 2 N–H and O–H groups in total. The van der Waals surface area contributed by atoms with Gasteiger partial charge in [-0.3, -0.25) is 0 Å². The zero-order chi connectivity index (χ0) is 14.6. The van der Waals surface area contributed by atoms with E-state index in [9.17, 15) is 0 Å². The van der Waals surface area contributed by atoms with Crippen molar-refractivity contribution in [1.29, 1.82) is 0 Å². The molecule has 2 nitrogen and oxygen atoms in total. The molecule has 0 saturated heterocycles. The lowest BCUT2D eigenvalue weighted by atomic mass is 9.87. The number of para-hydroxylation sites is 1. The van der Waals surface area contributed by atoms with Crippen molar-refractivity contribution in [3.05, 3.63) is 65.2 Å². The molecule has 0 aliphatic rings. The van der Waals surface area contributed by atoms with Gasteiger partial charge in [-0.05, 0) is 22.6 Å². The molecule has 2 heteroatoms. The molecular weight excluding hydrogens is 246 g/mol. The first kappa shape index (κ1) is 14.6. The van der Waals surface area contributed by atoms with E-state index in [-0.39, 0.29) is 5.41 Å². The van der Waals surface area contributed by atoms with Gasteiger partial charge in [-0.15, -0.1) is 0 Å². The third-order valence-electron chi connectivity index (χ3n) is 3.41. The summed E-state index contributed by atoms with van der Waals surface area (Å²) in [6, 6.07) is 16.5. The van der Waals surface area contributed by atoms with Crippen LogP contribution in [0.15, 0.2) is 48.5 Å². The fourth-order valence-electron chi connectivity index (χ4n) is 2.08. The van der Waals surface area contributed by atoms with Gasteiger partial charge in [0, 0.05) is 12.1 Å². The van der Waals surface area contributed by atoms with E-state index in [0.29, 0.717) is 13.2 Å². The second-order valence-electron chi connectivity index (χ2n) is 6.05. The lowest BCUT2D eigenvalue weighted by Gasteiger charge is -2.19. The van der Waals surface area contributed by atoms with Gasteiger partial charge in [-0.2, -0.15) is 0 Å². The molecule has 0 unspecified atom stereocenters. The van der Waals surface area contributed by atoms with Crippen molar-refractivity contribution in [2.75, 3.05) is 0 Å². The highest BCUT2D eigenvalue weighted by Gasteiger charge is 2.12. The average molecular weight is 269 g/mol. The normalized spacial score (nSPS) is 11.4. The third kappa shape index (κ3) is 3.61. The Morgan fingerprint density at radius 1 is 0.950 bits per heavy atom. The van der Waals surface area contributed by atoms with Gasteiger partial charge in [0.1, 0.15) is 12.4 Å². The van der Waals surface area contributed by atoms with Crippen molar-refractivity contribution in [3.63, 3.8) is 0 Å². The van der Waals surface area contributed by atoms with Gasteiger partial charge in [0.15, 0.2) is 0 Å². The van der Waals surface area contributed by atoms with Crippen LogP contribution in [0.5, 0.6) is 5.75 Å². The van der Waals surface area contributed by atoms with Crippen molar-refractivity contribution in [2.45, 2.75) is 39.3 Å². The van der Waals surface area contributed by atoms with Crippen molar-refractivity contribution in [3.8, 4) is 5.75 Å². The number of nitrogens with two attached hydrogens (primary N) is 1. The number of hydrogen-bond acceptors (Lipinski definition) is 2. The standard InChI is InChI=1S/C18H23NO/c1-18(2,3)16-10-8-14(9-11-16)13-20-17-7-5-4-6-15(17)12-19/h4-11H,12-13,19H2,1-3H3. The van der Waals surface area contributed by atoms with Gasteiger partial charge in [-0.1, -0.05) is 63.2 Å². The van der Waals surface area contributed by atoms with E-state index in [0.717, 1.165) is 11.3 Å². The number of ether oxygens (including phenoxy) is 1. The van der Waals surface area contributed by atoms with E-state index >= 15 is 0 Å². The molecule has 0 amide bonds. The van der Waals surface area contributed by atoms with Gasteiger partial charge >= 0.3 is 0 Å².